The first-order valence-corrected chi connectivity index (χ1v) is 7.19. The molecule has 1 unspecified atom stereocenters. The van der Waals surface area contributed by atoms with Crippen molar-refractivity contribution in [1.29, 1.82) is 0 Å². The van der Waals surface area contributed by atoms with E-state index in [4.69, 9.17) is 10.5 Å². The number of benzene rings is 1. The van der Waals surface area contributed by atoms with Gasteiger partial charge in [-0.25, -0.2) is 0 Å². The van der Waals surface area contributed by atoms with Crippen molar-refractivity contribution in [2.45, 2.75) is 49.2 Å². The molecule has 3 rings (SSSR count). The van der Waals surface area contributed by atoms with Crippen molar-refractivity contribution in [3.8, 4) is 0 Å². The molecule has 2 aliphatic carbocycles. The molecule has 1 atom stereocenters. The van der Waals surface area contributed by atoms with E-state index in [-0.39, 0.29) is 11.5 Å². The fraction of sp³-hybridized carbons (Fsp3) is 0.625. The van der Waals surface area contributed by atoms with Crippen molar-refractivity contribution in [2.24, 2.45) is 5.73 Å². The van der Waals surface area contributed by atoms with Crippen LogP contribution in [-0.2, 0) is 16.6 Å². The van der Waals surface area contributed by atoms with Crippen molar-refractivity contribution < 1.29 is 9.84 Å². The van der Waals surface area contributed by atoms with Crippen LogP contribution in [0.5, 0.6) is 0 Å². The standard InChI is InChI=1S/C16H23NO2/c1-19-13-9-16(18,10-13)15(11-17)8-4-6-12-5-2-3-7-14(12)15/h2-3,5,7,13,18H,4,6,8-11,17H2,1H3. The molecule has 1 saturated carbocycles. The van der Waals surface area contributed by atoms with Gasteiger partial charge in [0.25, 0.3) is 0 Å². The third-order valence-electron chi connectivity index (χ3n) is 5.29. The lowest BCUT2D eigenvalue weighted by molar-refractivity contribution is -0.172. The van der Waals surface area contributed by atoms with E-state index in [0.29, 0.717) is 19.4 Å². The van der Waals surface area contributed by atoms with Gasteiger partial charge in [0, 0.05) is 31.9 Å². The van der Waals surface area contributed by atoms with Gasteiger partial charge in [0.1, 0.15) is 0 Å². The van der Waals surface area contributed by atoms with Gasteiger partial charge in [0.15, 0.2) is 0 Å². The van der Waals surface area contributed by atoms with E-state index in [1.807, 2.05) is 0 Å². The Morgan fingerprint density at radius 2 is 2.11 bits per heavy atom. The number of methoxy groups -OCH3 is 1. The van der Waals surface area contributed by atoms with Gasteiger partial charge < -0.3 is 15.6 Å². The second-order valence-corrected chi connectivity index (χ2v) is 6.09. The van der Waals surface area contributed by atoms with Crippen LogP contribution in [0.4, 0.5) is 0 Å². The first kappa shape index (κ1) is 13.1. The van der Waals surface area contributed by atoms with Crippen LogP contribution in [0, 0.1) is 0 Å². The second-order valence-electron chi connectivity index (χ2n) is 6.09. The van der Waals surface area contributed by atoms with Crippen molar-refractivity contribution >= 4 is 0 Å². The van der Waals surface area contributed by atoms with E-state index < -0.39 is 5.60 Å². The molecule has 0 radical (unpaired) electrons. The number of aliphatic hydroxyl groups is 1. The summed E-state index contributed by atoms with van der Waals surface area (Å²) in [5, 5.41) is 11.1. The molecular weight excluding hydrogens is 238 g/mol. The van der Waals surface area contributed by atoms with Crippen molar-refractivity contribution in [2.75, 3.05) is 13.7 Å². The number of aryl methyl sites for hydroxylation is 1. The van der Waals surface area contributed by atoms with Crippen LogP contribution in [0.2, 0.25) is 0 Å². The molecular formula is C16H23NO2. The highest BCUT2D eigenvalue weighted by Gasteiger charge is 2.58. The van der Waals surface area contributed by atoms with Crippen LogP contribution in [0.1, 0.15) is 36.8 Å². The topological polar surface area (TPSA) is 55.5 Å². The average molecular weight is 261 g/mol. The molecule has 0 bridgehead atoms. The number of fused-ring (bicyclic) bond motifs is 1. The first-order chi connectivity index (χ1) is 9.15. The van der Waals surface area contributed by atoms with Gasteiger partial charge in [0.2, 0.25) is 0 Å². The summed E-state index contributed by atoms with van der Waals surface area (Å²) in [5.41, 5.74) is 7.78. The predicted octanol–water partition coefficient (Wildman–Crippen LogP) is 1.76. The lowest BCUT2D eigenvalue weighted by Gasteiger charge is -2.57. The van der Waals surface area contributed by atoms with Crippen LogP contribution < -0.4 is 5.73 Å². The van der Waals surface area contributed by atoms with Crippen LogP contribution in [0.3, 0.4) is 0 Å². The zero-order valence-electron chi connectivity index (χ0n) is 11.6. The summed E-state index contributed by atoms with van der Waals surface area (Å²) in [4.78, 5) is 0. The Hall–Kier alpha value is -0.900. The highest BCUT2D eigenvalue weighted by Crippen LogP contribution is 2.53. The highest BCUT2D eigenvalue weighted by atomic mass is 16.5. The summed E-state index contributed by atoms with van der Waals surface area (Å²) in [5.74, 6) is 0. The lowest BCUT2D eigenvalue weighted by Crippen LogP contribution is -2.65. The summed E-state index contributed by atoms with van der Waals surface area (Å²) >= 11 is 0. The Morgan fingerprint density at radius 1 is 1.37 bits per heavy atom. The summed E-state index contributed by atoms with van der Waals surface area (Å²) in [7, 11) is 1.72. The van der Waals surface area contributed by atoms with Gasteiger partial charge in [-0.15, -0.1) is 0 Å². The maximum absolute atomic E-state index is 11.1. The Labute approximate surface area is 114 Å². The molecule has 0 amide bonds. The van der Waals surface area contributed by atoms with Gasteiger partial charge >= 0.3 is 0 Å². The molecule has 2 aliphatic rings. The molecule has 1 fully saturated rings. The predicted molar refractivity (Wildman–Crippen MR) is 75.1 cm³/mol. The van der Waals surface area contributed by atoms with Gasteiger partial charge in [-0.2, -0.15) is 0 Å². The van der Waals surface area contributed by atoms with Gasteiger partial charge in [-0.05, 0) is 30.4 Å². The van der Waals surface area contributed by atoms with E-state index in [9.17, 15) is 5.11 Å². The van der Waals surface area contributed by atoms with Crippen LogP contribution in [0.15, 0.2) is 24.3 Å². The largest absolute Gasteiger partial charge is 0.389 e. The van der Waals surface area contributed by atoms with E-state index in [1.165, 1.54) is 11.1 Å². The van der Waals surface area contributed by atoms with Gasteiger partial charge in [0.05, 0.1) is 11.7 Å². The molecule has 3 heteroatoms. The Balaban J connectivity index is 2.01. The minimum absolute atomic E-state index is 0.183. The third kappa shape index (κ3) is 1.76. The quantitative estimate of drug-likeness (QED) is 0.871. The Kier molecular flexibility index (Phi) is 3.16. The fourth-order valence-corrected chi connectivity index (χ4v) is 4.06. The van der Waals surface area contributed by atoms with Gasteiger partial charge in [-0.3, -0.25) is 0 Å². The molecule has 0 aliphatic heterocycles. The molecule has 1 aromatic carbocycles. The molecule has 104 valence electrons. The van der Waals surface area contributed by atoms with E-state index in [1.54, 1.807) is 7.11 Å². The smallest absolute Gasteiger partial charge is 0.0805 e. The van der Waals surface area contributed by atoms with Crippen molar-refractivity contribution in [1.82, 2.24) is 0 Å². The molecule has 3 N–H and O–H groups in total. The highest BCUT2D eigenvalue weighted by molar-refractivity contribution is 5.41. The SMILES string of the molecule is COC1CC(O)(C2(CN)CCCc3ccccc32)C1. The third-order valence-corrected chi connectivity index (χ3v) is 5.29. The molecule has 0 saturated heterocycles. The maximum atomic E-state index is 11.1. The van der Waals surface area contributed by atoms with Gasteiger partial charge in [-0.1, -0.05) is 24.3 Å². The maximum Gasteiger partial charge on any atom is 0.0805 e. The monoisotopic (exact) mass is 261 g/mol. The van der Waals surface area contributed by atoms with E-state index in [2.05, 4.69) is 24.3 Å². The van der Waals surface area contributed by atoms with E-state index in [0.717, 1.165) is 19.3 Å². The number of ether oxygens (including phenoxy) is 1. The van der Waals surface area contributed by atoms with Crippen LogP contribution in [0.25, 0.3) is 0 Å². The van der Waals surface area contributed by atoms with Crippen molar-refractivity contribution in [3.63, 3.8) is 0 Å². The number of rotatable bonds is 3. The number of nitrogens with two attached hydrogens (primary N) is 1. The number of hydrogen-bond donors (Lipinski definition) is 2. The normalized spacial score (nSPS) is 37.5. The Morgan fingerprint density at radius 3 is 2.79 bits per heavy atom. The zero-order chi connectivity index (χ0) is 13.5. The minimum atomic E-state index is -0.695. The fourth-order valence-electron chi connectivity index (χ4n) is 4.06. The van der Waals surface area contributed by atoms with Crippen molar-refractivity contribution in [3.05, 3.63) is 35.4 Å². The molecule has 3 nitrogen and oxygen atoms in total. The summed E-state index contributed by atoms with van der Waals surface area (Å²) in [6.07, 6.45) is 4.77. The lowest BCUT2D eigenvalue weighted by atomic mass is 9.53. The number of hydrogen-bond acceptors (Lipinski definition) is 3. The Bertz CT molecular complexity index is 468. The molecule has 0 spiro atoms. The summed E-state index contributed by atoms with van der Waals surface area (Å²) < 4.78 is 5.35. The average Bonchev–Trinajstić information content (AvgIpc) is 2.43. The first-order valence-electron chi connectivity index (χ1n) is 7.19. The summed E-state index contributed by atoms with van der Waals surface area (Å²) in [6.45, 7) is 0.511. The molecule has 19 heavy (non-hydrogen) atoms. The molecule has 0 aromatic heterocycles. The van der Waals surface area contributed by atoms with E-state index >= 15 is 0 Å². The summed E-state index contributed by atoms with van der Waals surface area (Å²) in [6, 6.07) is 8.47. The molecule has 1 aromatic rings. The van der Waals surface area contributed by atoms with Crippen LogP contribution >= 0.6 is 0 Å². The second kappa shape index (κ2) is 4.58. The van der Waals surface area contributed by atoms with Crippen LogP contribution in [-0.4, -0.2) is 30.5 Å². The molecule has 0 heterocycles. The minimum Gasteiger partial charge on any atom is -0.389 e. The zero-order valence-corrected chi connectivity index (χ0v) is 11.6.